The number of benzene rings is 1. The molecule has 1 aromatic carbocycles. The topological polar surface area (TPSA) is 64.3 Å². The second-order valence-corrected chi connectivity index (χ2v) is 5.95. The van der Waals surface area contributed by atoms with Crippen molar-refractivity contribution in [2.24, 2.45) is 0 Å². The third kappa shape index (κ3) is 4.06. The minimum atomic E-state index is -0.0458. The molecule has 0 amide bonds. The molecule has 0 saturated heterocycles. The van der Waals surface area contributed by atoms with Crippen LogP contribution in [0.2, 0.25) is 0 Å². The van der Waals surface area contributed by atoms with E-state index in [0.29, 0.717) is 5.88 Å². The first kappa shape index (κ1) is 17.2. The molecule has 1 N–H and O–H groups in total. The molecule has 5 nitrogen and oxygen atoms in total. The van der Waals surface area contributed by atoms with Crippen LogP contribution in [0.3, 0.4) is 0 Å². The van der Waals surface area contributed by atoms with E-state index < -0.39 is 0 Å². The van der Waals surface area contributed by atoms with Crippen LogP contribution < -0.4 is 10.3 Å². The van der Waals surface area contributed by atoms with Crippen LogP contribution in [0, 0.1) is 0 Å². The number of aliphatic hydroxyl groups is 1. The van der Waals surface area contributed by atoms with Gasteiger partial charge in [-0.05, 0) is 48.7 Å². The molecule has 0 aliphatic carbocycles. The Labute approximate surface area is 146 Å². The van der Waals surface area contributed by atoms with Crippen molar-refractivity contribution in [2.75, 3.05) is 13.2 Å². The maximum atomic E-state index is 12.4. The highest BCUT2D eigenvalue weighted by Gasteiger charge is 2.05. The number of aliphatic hydroxyl groups excluding tert-OH is 1. The summed E-state index contributed by atoms with van der Waals surface area (Å²) in [6.45, 7) is 2.32. The average Bonchev–Trinajstić information content (AvgIpc) is 2.64. The van der Waals surface area contributed by atoms with Gasteiger partial charge >= 0.3 is 0 Å². The third-order valence-electron chi connectivity index (χ3n) is 4.07. The average molecular weight is 338 g/mol. The molecule has 0 radical (unpaired) electrons. The largest absolute Gasteiger partial charge is 0.475 e. The summed E-state index contributed by atoms with van der Waals surface area (Å²) in [5.41, 5.74) is 2.65. The number of unbranched alkanes of at least 4 members (excludes halogenated alkanes) is 1. The Morgan fingerprint density at radius 3 is 2.80 bits per heavy atom. The van der Waals surface area contributed by atoms with Gasteiger partial charge in [-0.2, -0.15) is 0 Å². The minimum Gasteiger partial charge on any atom is -0.475 e. The molecule has 5 heteroatoms. The van der Waals surface area contributed by atoms with E-state index in [1.807, 2.05) is 36.5 Å². The SMILES string of the molecule is CCCCc1ccn(-c2ccc3nc(OCCO)ccc3c2)c(=O)c1. The zero-order valence-corrected chi connectivity index (χ0v) is 14.3. The highest BCUT2D eigenvalue weighted by atomic mass is 16.5. The molecule has 130 valence electrons. The van der Waals surface area contributed by atoms with E-state index in [1.165, 1.54) is 0 Å². The first-order valence-corrected chi connectivity index (χ1v) is 8.57. The second-order valence-electron chi connectivity index (χ2n) is 5.95. The highest BCUT2D eigenvalue weighted by molar-refractivity contribution is 5.81. The van der Waals surface area contributed by atoms with Crippen molar-refractivity contribution in [3.8, 4) is 11.6 Å². The van der Waals surface area contributed by atoms with Crippen molar-refractivity contribution in [3.05, 3.63) is 64.6 Å². The second kappa shape index (κ2) is 7.94. The molecule has 0 bridgehead atoms. The van der Waals surface area contributed by atoms with Crippen LogP contribution in [-0.2, 0) is 6.42 Å². The standard InChI is InChI=1S/C20H22N2O3/c1-2-3-4-15-9-10-22(20(24)13-15)17-6-7-18-16(14-17)5-8-19(21-18)25-12-11-23/h5-10,13-14,23H,2-4,11-12H2,1H3. The molecule has 0 aliphatic rings. The molecule has 0 unspecified atom stereocenters. The molecule has 0 fully saturated rings. The monoisotopic (exact) mass is 338 g/mol. The van der Waals surface area contributed by atoms with Crippen LogP contribution in [-0.4, -0.2) is 27.9 Å². The lowest BCUT2D eigenvalue weighted by atomic mass is 10.1. The lowest BCUT2D eigenvalue weighted by Crippen LogP contribution is -2.17. The molecule has 2 aromatic heterocycles. The van der Waals surface area contributed by atoms with Crippen molar-refractivity contribution in [1.29, 1.82) is 0 Å². The lowest BCUT2D eigenvalue weighted by Gasteiger charge is -2.09. The van der Waals surface area contributed by atoms with Gasteiger partial charge in [-0.15, -0.1) is 0 Å². The number of nitrogens with zero attached hydrogens (tertiary/aromatic N) is 2. The van der Waals surface area contributed by atoms with Crippen LogP contribution in [0.1, 0.15) is 25.3 Å². The number of hydrogen-bond donors (Lipinski definition) is 1. The molecule has 25 heavy (non-hydrogen) atoms. The quantitative estimate of drug-likeness (QED) is 0.719. The number of fused-ring (bicyclic) bond motifs is 1. The maximum absolute atomic E-state index is 12.4. The number of ether oxygens (including phenoxy) is 1. The third-order valence-corrected chi connectivity index (χ3v) is 4.07. The summed E-state index contributed by atoms with van der Waals surface area (Å²) >= 11 is 0. The highest BCUT2D eigenvalue weighted by Crippen LogP contribution is 2.20. The number of rotatable bonds is 7. The maximum Gasteiger partial charge on any atom is 0.255 e. The molecule has 0 saturated carbocycles. The fourth-order valence-corrected chi connectivity index (χ4v) is 2.74. The van der Waals surface area contributed by atoms with Crippen LogP contribution in [0.15, 0.2) is 53.5 Å². The summed E-state index contributed by atoms with van der Waals surface area (Å²) in [5, 5.41) is 9.74. The van der Waals surface area contributed by atoms with Gasteiger partial charge in [0.1, 0.15) is 6.61 Å². The van der Waals surface area contributed by atoms with E-state index in [1.54, 1.807) is 16.7 Å². The van der Waals surface area contributed by atoms with Crippen LogP contribution in [0.5, 0.6) is 5.88 Å². The first-order valence-electron chi connectivity index (χ1n) is 8.57. The van der Waals surface area contributed by atoms with E-state index in [4.69, 9.17) is 9.84 Å². The van der Waals surface area contributed by atoms with Crippen molar-refractivity contribution >= 4 is 10.9 Å². The van der Waals surface area contributed by atoms with Crippen molar-refractivity contribution in [3.63, 3.8) is 0 Å². The summed E-state index contributed by atoms with van der Waals surface area (Å²) in [6.07, 6.45) is 4.97. The number of hydrogen-bond acceptors (Lipinski definition) is 4. The molecular weight excluding hydrogens is 316 g/mol. The molecule has 2 heterocycles. The normalized spacial score (nSPS) is 11.0. The predicted octanol–water partition coefficient (Wildman–Crippen LogP) is 3.10. The zero-order valence-electron chi connectivity index (χ0n) is 14.3. The minimum absolute atomic E-state index is 0.0242. The Kier molecular flexibility index (Phi) is 5.46. The van der Waals surface area contributed by atoms with Gasteiger partial charge in [0.25, 0.3) is 5.56 Å². The van der Waals surface area contributed by atoms with Gasteiger partial charge in [0.15, 0.2) is 0 Å². The van der Waals surface area contributed by atoms with E-state index in [2.05, 4.69) is 11.9 Å². The first-order chi connectivity index (χ1) is 12.2. The molecule has 0 atom stereocenters. The smallest absolute Gasteiger partial charge is 0.255 e. The van der Waals surface area contributed by atoms with Crippen molar-refractivity contribution in [1.82, 2.24) is 9.55 Å². The zero-order chi connectivity index (χ0) is 17.6. The molecule has 3 aromatic rings. The van der Waals surface area contributed by atoms with Gasteiger partial charge in [0.2, 0.25) is 5.88 Å². The predicted molar refractivity (Wildman–Crippen MR) is 98.5 cm³/mol. The van der Waals surface area contributed by atoms with E-state index in [9.17, 15) is 4.79 Å². The van der Waals surface area contributed by atoms with Crippen LogP contribution >= 0.6 is 0 Å². The number of aryl methyl sites for hydroxylation is 1. The fraction of sp³-hybridized carbons (Fsp3) is 0.300. The number of aromatic nitrogens is 2. The van der Waals surface area contributed by atoms with Gasteiger partial charge < -0.3 is 9.84 Å². The molecule has 0 aliphatic heterocycles. The Morgan fingerprint density at radius 1 is 1.16 bits per heavy atom. The van der Waals surface area contributed by atoms with Gasteiger partial charge in [-0.25, -0.2) is 4.98 Å². The Bertz CT molecular complexity index is 918. The summed E-state index contributed by atoms with van der Waals surface area (Å²) in [5.74, 6) is 0.478. The summed E-state index contributed by atoms with van der Waals surface area (Å²) in [7, 11) is 0. The molecular formula is C20H22N2O3. The van der Waals surface area contributed by atoms with Gasteiger partial charge in [-0.1, -0.05) is 13.3 Å². The Hall–Kier alpha value is -2.66. The Balaban J connectivity index is 1.90. The fourth-order valence-electron chi connectivity index (χ4n) is 2.74. The van der Waals surface area contributed by atoms with Crippen molar-refractivity contribution < 1.29 is 9.84 Å². The molecule has 0 spiro atoms. The van der Waals surface area contributed by atoms with E-state index in [-0.39, 0.29) is 18.8 Å². The van der Waals surface area contributed by atoms with E-state index >= 15 is 0 Å². The van der Waals surface area contributed by atoms with Crippen LogP contribution in [0.4, 0.5) is 0 Å². The summed E-state index contributed by atoms with van der Waals surface area (Å²) in [6, 6.07) is 13.1. The van der Waals surface area contributed by atoms with Crippen molar-refractivity contribution in [2.45, 2.75) is 26.2 Å². The summed E-state index contributed by atoms with van der Waals surface area (Å²) < 4.78 is 6.97. The van der Waals surface area contributed by atoms with Gasteiger partial charge in [0.05, 0.1) is 12.1 Å². The van der Waals surface area contributed by atoms with E-state index in [0.717, 1.165) is 41.4 Å². The van der Waals surface area contributed by atoms with Gasteiger partial charge in [-0.3, -0.25) is 9.36 Å². The molecule has 3 rings (SSSR count). The Morgan fingerprint density at radius 2 is 2.04 bits per heavy atom. The lowest BCUT2D eigenvalue weighted by molar-refractivity contribution is 0.197. The van der Waals surface area contributed by atoms with Gasteiger partial charge in [0, 0.05) is 29.4 Å². The summed E-state index contributed by atoms with van der Waals surface area (Å²) in [4.78, 5) is 16.8. The number of pyridine rings is 2. The van der Waals surface area contributed by atoms with Crippen LogP contribution in [0.25, 0.3) is 16.6 Å².